The summed E-state index contributed by atoms with van der Waals surface area (Å²) in [7, 11) is 1.78. The normalized spacial score (nSPS) is 15.9. The van der Waals surface area contributed by atoms with Crippen molar-refractivity contribution in [3.8, 4) is 0 Å². The summed E-state index contributed by atoms with van der Waals surface area (Å²) < 4.78 is 0. The molecular weight excluding hydrogens is 266 g/mol. The molecule has 2 rings (SSSR count). The highest BCUT2D eigenvalue weighted by Gasteiger charge is 2.25. The van der Waals surface area contributed by atoms with Gasteiger partial charge in [0, 0.05) is 32.4 Å². The summed E-state index contributed by atoms with van der Waals surface area (Å²) >= 11 is 0. The van der Waals surface area contributed by atoms with Gasteiger partial charge in [-0.05, 0) is 38.0 Å². The number of benzene rings is 1. The summed E-state index contributed by atoms with van der Waals surface area (Å²) in [4.78, 5) is 28.0. The molecule has 0 atom stereocenters. The summed E-state index contributed by atoms with van der Waals surface area (Å²) in [5.74, 6) is -0.0763. The molecule has 0 aliphatic carbocycles. The van der Waals surface area contributed by atoms with Gasteiger partial charge in [-0.2, -0.15) is 0 Å². The number of aryl methyl sites for hydroxylation is 1. The van der Waals surface area contributed by atoms with Crippen LogP contribution in [-0.2, 0) is 4.79 Å². The molecule has 1 heterocycles. The summed E-state index contributed by atoms with van der Waals surface area (Å²) in [6, 6.07) is 5.75. The Morgan fingerprint density at radius 1 is 1.33 bits per heavy atom. The number of hydrogen-bond acceptors (Lipinski definition) is 3. The highest BCUT2D eigenvalue weighted by molar-refractivity contribution is 6.01. The lowest BCUT2D eigenvalue weighted by atomic mass is 10.1. The van der Waals surface area contributed by atoms with E-state index in [9.17, 15) is 9.59 Å². The Hall–Kier alpha value is -2.04. The van der Waals surface area contributed by atoms with Gasteiger partial charge in [-0.3, -0.25) is 9.59 Å². The first-order chi connectivity index (χ1) is 10.0. The number of carbonyl (C=O) groups is 2. The minimum atomic E-state index is -0.0744. The SMILES string of the molecule is CCNc1cc(C)ccc1C(=O)N1CCCN(C)C(=O)C1. The lowest BCUT2D eigenvalue weighted by Gasteiger charge is -2.21. The summed E-state index contributed by atoms with van der Waals surface area (Å²) in [6.45, 7) is 6.24. The molecule has 5 heteroatoms. The topological polar surface area (TPSA) is 52.7 Å². The van der Waals surface area contributed by atoms with E-state index in [4.69, 9.17) is 0 Å². The van der Waals surface area contributed by atoms with Gasteiger partial charge < -0.3 is 15.1 Å². The van der Waals surface area contributed by atoms with Gasteiger partial charge >= 0.3 is 0 Å². The minimum absolute atomic E-state index is 0.00189. The van der Waals surface area contributed by atoms with E-state index in [-0.39, 0.29) is 18.4 Å². The highest BCUT2D eigenvalue weighted by atomic mass is 16.2. The van der Waals surface area contributed by atoms with Crippen molar-refractivity contribution in [2.45, 2.75) is 20.3 Å². The second kappa shape index (κ2) is 6.61. The van der Waals surface area contributed by atoms with Crippen molar-refractivity contribution in [3.63, 3.8) is 0 Å². The molecule has 21 heavy (non-hydrogen) atoms. The molecule has 1 aromatic rings. The number of carbonyl (C=O) groups excluding carboxylic acids is 2. The van der Waals surface area contributed by atoms with Gasteiger partial charge in [0.1, 0.15) is 6.54 Å². The summed E-state index contributed by atoms with van der Waals surface area (Å²) in [5.41, 5.74) is 2.58. The molecule has 5 nitrogen and oxygen atoms in total. The molecule has 1 aromatic carbocycles. The van der Waals surface area contributed by atoms with Crippen LogP contribution in [0.3, 0.4) is 0 Å². The van der Waals surface area contributed by atoms with Crippen LogP contribution in [0.5, 0.6) is 0 Å². The molecule has 0 bridgehead atoms. The monoisotopic (exact) mass is 289 g/mol. The van der Waals surface area contributed by atoms with Gasteiger partial charge in [-0.25, -0.2) is 0 Å². The zero-order chi connectivity index (χ0) is 15.4. The maximum atomic E-state index is 12.7. The van der Waals surface area contributed by atoms with E-state index in [2.05, 4.69) is 5.32 Å². The molecule has 0 radical (unpaired) electrons. The third kappa shape index (κ3) is 3.54. The van der Waals surface area contributed by atoms with E-state index in [1.165, 1.54) is 0 Å². The number of nitrogens with zero attached hydrogens (tertiary/aromatic N) is 2. The zero-order valence-electron chi connectivity index (χ0n) is 13.0. The Labute approximate surface area is 125 Å². The number of rotatable bonds is 3. The lowest BCUT2D eigenvalue weighted by molar-refractivity contribution is -0.129. The molecule has 1 saturated heterocycles. The van der Waals surface area contributed by atoms with Gasteiger partial charge in [-0.15, -0.1) is 0 Å². The average Bonchev–Trinajstić information content (AvgIpc) is 2.61. The molecule has 2 amide bonds. The third-order valence-corrected chi connectivity index (χ3v) is 3.73. The van der Waals surface area contributed by atoms with Crippen molar-refractivity contribution in [1.29, 1.82) is 0 Å². The predicted octanol–water partition coefficient (Wildman–Crippen LogP) is 1.73. The fourth-order valence-electron chi connectivity index (χ4n) is 2.51. The number of hydrogen-bond donors (Lipinski definition) is 1. The van der Waals surface area contributed by atoms with Crippen molar-refractivity contribution in [2.75, 3.05) is 38.5 Å². The molecule has 1 fully saturated rings. The predicted molar refractivity (Wildman–Crippen MR) is 83.5 cm³/mol. The smallest absolute Gasteiger partial charge is 0.256 e. The van der Waals surface area contributed by atoms with Crippen molar-refractivity contribution < 1.29 is 9.59 Å². The van der Waals surface area contributed by atoms with E-state index >= 15 is 0 Å². The molecular formula is C16H23N3O2. The Morgan fingerprint density at radius 3 is 2.81 bits per heavy atom. The maximum Gasteiger partial charge on any atom is 0.256 e. The minimum Gasteiger partial charge on any atom is -0.385 e. The number of likely N-dealkylation sites (N-methyl/N-ethyl adjacent to an activating group) is 1. The molecule has 0 spiro atoms. The van der Waals surface area contributed by atoms with Crippen LogP contribution >= 0.6 is 0 Å². The first-order valence-electron chi connectivity index (χ1n) is 7.40. The molecule has 0 aromatic heterocycles. The Morgan fingerprint density at radius 2 is 2.10 bits per heavy atom. The van der Waals surface area contributed by atoms with Crippen molar-refractivity contribution >= 4 is 17.5 Å². The van der Waals surface area contributed by atoms with E-state index in [1.54, 1.807) is 16.8 Å². The number of nitrogens with one attached hydrogen (secondary N) is 1. The van der Waals surface area contributed by atoms with Crippen LogP contribution in [0.2, 0.25) is 0 Å². The average molecular weight is 289 g/mol. The van der Waals surface area contributed by atoms with E-state index in [1.807, 2.05) is 32.0 Å². The highest BCUT2D eigenvalue weighted by Crippen LogP contribution is 2.20. The lowest BCUT2D eigenvalue weighted by Crippen LogP contribution is -2.38. The van der Waals surface area contributed by atoms with Crippen molar-refractivity contribution in [2.24, 2.45) is 0 Å². The maximum absolute atomic E-state index is 12.7. The standard InChI is InChI=1S/C16H23N3O2/c1-4-17-14-10-12(2)6-7-13(14)16(21)19-9-5-8-18(3)15(20)11-19/h6-7,10,17H,4-5,8-9,11H2,1-3H3. The van der Waals surface area contributed by atoms with Gasteiger partial charge in [0.15, 0.2) is 0 Å². The van der Waals surface area contributed by atoms with Crippen LogP contribution < -0.4 is 5.32 Å². The van der Waals surface area contributed by atoms with E-state index in [0.717, 1.165) is 24.2 Å². The number of anilines is 1. The Bertz CT molecular complexity index is 542. The summed E-state index contributed by atoms with van der Waals surface area (Å²) in [5, 5.41) is 3.23. The first-order valence-corrected chi connectivity index (χ1v) is 7.40. The fourth-order valence-corrected chi connectivity index (χ4v) is 2.51. The second-order valence-corrected chi connectivity index (χ2v) is 5.47. The van der Waals surface area contributed by atoms with Crippen molar-refractivity contribution in [1.82, 2.24) is 9.80 Å². The van der Waals surface area contributed by atoms with Crippen molar-refractivity contribution in [3.05, 3.63) is 29.3 Å². The Kier molecular flexibility index (Phi) is 4.83. The molecule has 1 aliphatic heterocycles. The van der Waals surface area contributed by atoms with Gasteiger partial charge in [0.25, 0.3) is 5.91 Å². The van der Waals surface area contributed by atoms with Gasteiger partial charge in [0.05, 0.1) is 5.56 Å². The molecule has 1 N–H and O–H groups in total. The summed E-state index contributed by atoms with van der Waals surface area (Å²) in [6.07, 6.45) is 0.816. The van der Waals surface area contributed by atoms with E-state index < -0.39 is 0 Å². The van der Waals surface area contributed by atoms with Crippen LogP contribution in [0.4, 0.5) is 5.69 Å². The fraction of sp³-hybridized carbons (Fsp3) is 0.500. The molecule has 0 saturated carbocycles. The molecule has 0 unspecified atom stereocenters. The Balaban J connectivity index is 2.24. The van der Waals surface area contributed by atoms with Gasteiger partial charge in [0.2, 0.25) is 5.91 Å². The molecule has 1 aliphatic rings. The largest absolute Gasteiger partial charge is 0.385 e. The first kappa shape index (κ1) is 15.4. The quantitative estimate of drug-likeness (QED) is 0.922. The van der Waals surface area contributed by atoms with Crippen LogP contribution in [0.15, 0.2) is 18.2 Å². The van der Waals surface area contributed by atoms with Crippen LogP contribution in [0.25, 0.3) is 0 Å². The van der Waals surface area contributed by atoms with Crippen LogP contribution in [0.1, 0.15) is 29.3 Å². The van der Waals surface area contributed by atoms with E-state index in [0.29, 0.717) is 18.7 Å². The third-order valence-electron chi connectivity index (χ3n) is 3.73. The van der Waals surface area contributed by atoms with Gasteiger partial charge in [-0.1, -0.05) is 6.07 Å². The number of amides is 2. The second-order valence-electron chi connectivity index (χ2n) is 5.47. The van der Waals surface area contributed by atoms with Crippen LogP contribution in [-0.4, -0.2) is 54.8 Å². The van der Waals surface area contributed by atoms with Crippen LogP contribution in [0, 0.1) is 6.92 Å². The molecule has 114 valence electrons. The zero-order valence-corrected chi connectivity index (χ0v) is 13.0.